The molecule has 0 spiro atoms. The van der Waals surface area contributed by atoms with Crippen molar-refractivity contribution < 1.29 is 9.53 Å². The van der Waals surface area contributed by atoms with Gasteiger partial charge in [0.15, 0.2) is 0 Å². The minimum absolute atomic E-state index is 0.0254. The van der Waals surface area contributed by atoms with Crippen molar-refractivity contribution in [2.24, 2.45) is 0 Å². The van der Waals surface area contributed by atoms with Crippen LogP contribution in [-0.4, -0.2) is 29.9 Å². The van der Waals surface area contributed by atoms with Crippen LogP contribution in [0.5, 0.6) is 0 Å². The van der Waals surface area contributed by atoms with Gasteiger partial charge in [-0.3, -0.25) is 4.79 Å². The number of hydrogen-bond donors (Lipinski definition) is 0. The number of nitrogens with zero attached hydrogens (tertiary/aromatic N) is 1. The van der Waals surface area contributed by atoms with Gasteiger partial charge in [-0.2, -0.15) is 0 Å². The lowest BCUT2D eigenvalue weighted by Gasteiger charge is -2.21. The number of thioether (sulfide) groups is 1. The van der Waals surface area contributed by atoms with E-state index in [1.54, 1.807) is 23.8 Å². The summed E-state index contributed by atoms with van der Waals surface area (Å²) in [4.78, 5) is 14.7. The van der Waals surface area contributed by atoms with E-state index < -0.39 is 0 Å². The lowest BCUT2D eigenvalue weighted by Crippen LogP contribution is -2.34. The van der Waals surface area contributed by atoms with Gasteiger partial charge in [0.05, 0.1) is 6.54 Å². The van der Waals surface area contributed by atoms with Crippen molar-refractivity contribution in [1.82, 2.24) is 4.90 Å². The van der Waals surface area contributed by atoms with Crippen LogP contribution in [0.2, 0.25) is 0 Å². The lowest BCUT2D eigenvalue weighted by molar-refractivity contribution is -0.127. The Labute approximate surface area is 105 Å². The first-order chi connectivity index (χ1) is 8.24. The van der Waals surface area contributed by atoms with Crippen LogP contribution in [0.25, 0.3) is 0 Å². The molecule has 1 aliphatic rings. The fourth-order valence-corrected chi connectivity index (χ4v) is 2.87. The first kappa shape index (κ1) is 12.2. The zero-order chi connectivity index (χ0) is 12.3. The molecular formula is C13H15NO2S. The SMILES string of the molecule is C=CC(=O)N1Cc2ccccc2SC(OC)C1. The topological polar surface area (TPSA) is 29.5 Å². The molecule has 3 nitrogen and oxygen atoms in total. The summed E-state index contributed by atoms with van der Waals surface area (Å²) in [6.07, 6.45) is 1.35. The van der Waals surface area contributed by atoms with E-state index in [4.69, 9.17) is 4.74 Å². The molecule has 0 saturated heterocycles. The Morgan fingerprint density at radius 3 is 3.06 bits per heavy atom. The molecule has 17 heavy (non-hydrogen) atoms. The summed E-state index contributed by atoms with van der Waals surface area (Å²) in [6.45, 7) is 4.74. The van der Waals surface area contributed by atoms with Crippen LogP contribution in [0, 0.1) is 0 Å². The zero-order valence-electron chi connectivity index (χ0n) is 9.76. The van der Waals surface area contributed by atoms with Crippen LogP contribution in [0.15, 0.2) is 41.8 Å². The van der Waals surface area contributed by atoms with Gasteiger partial charge in [-0.05, 0) is 17.7 Å². The Hall–Kier alpha value is -1.26. The summed E-state index contributed by atoms with van der Waals surface area (Å²) in [5, 5.41) is 0. The number of ether oxygens (including phenoxy) is 1. The Bertz CT molecular complexity index is 433. The van der Waals surface area contributed by atoms with E-state index >= 15 is 0 Å². The number of hydrogen-bond acceptors (Lipinski definition) is 3. The van der Waals surface area contributed by atoms with Gasteiger partial charge in [-0.25, -0.2) is 0 Å². The predicted molar refractivity (Wildman–Crippen MR) is 68.7 cm³/mol. The molecule has 0 aromatic heterocycles. The Morgan fingerprint density at radius 1 is 1.59 bits per heavy atom. The molecule has 0 fully saturated rings. The van der Waals surface area contributed by atoms with E-state index in [2.05, 4.69) is 12.6 Å². The molecule has 1 aliphatic heterocycles. The fraction of sp³-hybridized carbons (Fsp3) is 0.308. The molecule has 1 amide bonds. The molecule has 0 aliphatic carbocycles. The third-order valence-corrected chi connectivity index (χ3v) is 3.97. The monoisotopic (exact) mass is 249 g/mol. The number of carbonyl (C=O) groups excluding carboxylic acids is 1. The maximum Gasteiger partial charge on any atom is 0.246 e. The Kier molecular flexibility index (Phi) is 3.86. The van der Waals surface area contributed by atoms with Crippen molar-refractivity contribution >= 4 is 17.7 Å². The standard InChI is InChI=1S/C13H15NO2S/c1-3-12(15)14-8-10-6-4-5-7-11(10)17-13(9-14)16-2/h3-7,13H,1,8-9H2,2H3. The molecule has 4 heteroatoms. The van der Waals surface area contributed by atoms with Gasteiger partial charge >= 0.3 is 0 Å². The molecule has 1 unspecified atom stereocenters. The first-order valence-electron chi connectivity index (χ1n) is 5.43. The molecule has 0 N–H and O–H groups in total. The minimum atomic E-state index is -0.0515. The molecular weight excluding hydrogens is 234 g/mol. The molecule has 1 heterocycles. The van der Waals surface area contributed by atoms with E-state index in [0.29, 0.717) is 13.1 Å². The molecule has 0 saturated carbocycles. The molecule has 90 valence electrons. The van der Waals surface area contributed by atoms with Gasteiger partial charge in [0.1, 0.15) is 5.44 Å². The molecule has 1 aromatic rings. The van der Waals surface area contributed by atoms with E-state index in [1.165, 1.54) is 11.0 Å². The van der Waals surface area contributed by atoms with Crippen LogP contribution in [0.4, 0.5) is 0 Å². The van der Waals surface area contributed by atoms with Gasteiger partial charge in [0.25, 0.3) is 0 Å². The minimum Gasteiger partial charge on any atom is -0.369 e. The van der Waals surface area contributed by atoms with Gasteiger partial charge in [-0.1, -0.05) is 36.5 Å². The maximum atomic E-state index is 11.7. The lowest BCUT2D eigenvalue weighted by atomic mass is 10.2. The molecule has 1 aromatic carbocycles. The van der Waals surface area contributed by atoms with Crippen molar-refractivity contribution in [3.05, 3.63) is 42.5 Å². The van der Waals surface area contributed by atoms with E-state index in [0.717, 1.165) is 5.56 Å². The number of rotatable bonds is 2. The number of carbonyl (C=O) groups is 1. The number of methoxy groups -OCH3 is 1. The number of amides is 1. The molecule has 0 radical (unpaired) electrons. The number of fused-ring (bicyclic) bond motifs is 1. The summed E-state index contributed by atoms with van der Waals surface area (Å²) in [7, 11) is 1.67. The predicted octanol–water partition coefficient (Wildman–Crippen LogP) is 2.28. The van der Waals surface area contributed by atoms with Crippen molar-refractivity contribution in [2.45, 2.75) is 16.9 Å². The van der Waals surface area contributed by atoms with Crippen molar-refractivity contribution in [2.75, 3.05) is 13.7 Å². The van der Waals surface area contributed by atoms with Crippen LogP contribution >= 0.6 is 11.8 Å². The third kappa shape index (κ3) is 2.70. The van der Waals surface area contributed by atoms with Crippen LogP contribution < -0.4 is 0 Å². The largest absolute Gasteiger partial charge is 0.369 e. The van der Waals surface area contributed by atoms with Crippen molar-refractivity contribution in [3.8, 4) is 0 Å². The highest BCUT2D eigenvalue weighted by molar-refractivity contribution is 7.99. The highest BCUT2D eigenvalue weighted by Crippen LogP contribution is 2.32. The fourth-order valence-electron chi connectivity index (χ4n) is 1.80. The average molecular weight is 249 g/mol. The summed E-state index contributed by atoms with van der Waals surface area (Å²) in [6, 6.07) is 8.10. The Morgan fingerprint density at radius 2 is 2.35 bits per heavy atom. The Balaban J connectivity index is 2.30. The van der Waals surface area contributed by atoms with Crippen molar-refractivity contribution in [3.63, 3.8) is 0 Å². The quantitative estimate of drug-likeness (QED) is 0.753. The van der Waals surface area contributed by atoms with Crippen LogP contribution in [-0.2, 0) is 16.1 Å². The van der Waals surface area contributed by atoms with E-state index in [-0.39, 0.29) is 11.3 Å². The first-order valence-corrected chi connectivity index (χ1v) is 6.31. The van der Waals surface area contributed by atoms with Crippen molar-refractivity contribution in [1.29, 1.82) is 0 Å². The average Bonchev–Trinajstić information content (AvgIpc) is 2.56. The van der Waals surface area contributed by atoms with E-state index in [1.807, 2.05) is 18.2 Å². The smallest absolute Gasteiger partial charge is 0.246 e. The third-order valence-electron chi connectivity index (χ3n) is 2.71. The van der Waals surface area contributed by atoms with Gasteiger partial charge in [0.2, 0.25) is 5.91 Å². The van der Waals surface area contributed by atoms with Crippen LogP contribution in [0.1, 0.15) is 5.56 Å². The summed E-state index contributed by atoms with van der Waals surface area (Å²) in [5.74, 6) is -0.0515. The molecule has 0 bridgehead atoms. The molecule has 1 atom stereocenters. The zero-order valence-corrected chi connectivity index (χ0v) is 10.6. The second-order valence-corrected chi connectivity index (χ2v) is 5.02. The van der Waals surface area contributed by atoms with Crippen LogP contribution in [0.3, 0.4) is 0 Å². The second kappa shape index (κ2) is 5.38. The second-order valence-electron chi connectivity index (χ2n) is 3.81. The van der Waals surface area contributed by atoms with Gasteiger partial charge in [-0.15, -0.1) is 0 Å². The highest BCUT2D eigenvalue weighted by Gasteiger charge is 2.23. The van der Waals surface area contributed by atoms with Gasteiger partial charge in [0, 0.05) is 18.6 Å². The molecule has 2 rings (SSSR count). The van der Waals surface area contributed by atoms with Gasteiger partial charge < -0.3 is 9.64 Å². The number of benzene rings is 1. The van der Waals surface area contributed by atoms with E-state index in [9.17, 15) is 4.79 Å². The summed E-state index contributed by atoms with van der Waals surface area (Å²) in [5.41, 5.74) is 1.13. The maximum absolute atomic E-state index is 11.7. The summed E-state index contributed by atoms with van der Waals surface area (Å²) >= 11 is 1.66. The normalized spacial score (nSPS) is 19.4. The summed E-state index contributed by atoms with van der Waals surface area (Å²) < 4.78 is 5.39. The highest BCUT2D eigenvalue weighted by atomic mass is 32.2.